The summed E-state index contributed by atoms with van der Waals surface area (Å²) in [5.41, 5.74) is -0.750. The molecule has 0 spiro atoms. The Labute approximate surface area is 74.3 Å². The fourth-order valence-corrected chi connectivity index (χ4v) is 0. The molecule has 9 heavy (non-hydrogen) atoms. The molecule has 0 rings (SSSR count). The second-order valence-corrected chi connectivity index (χ2v) is 2.45. The average molecular weight is 138 g/mol. The van der Waals surface area contributed by atoms with Crippen molar-refractivity contribution in [3.63, 3.8) is 0 Å². The van der Waals surface area contributed by atoms with E-state index in [1.54, 1.807) is 27.7 Å². The van der Waals surface area contributed by atoms with Gasteiger partial charge in [-0.1, -0.05) is 27.7 Å². The first-order valence-corrected chi connectivity index (χ1v) is 2.61. The molecule has 0 aromatic carbocycles. The van der Waals surface area contributed by atoms with Crippen molar-refractivity contribution >= 4 is 23.1 Å². The molecule has 0 heterocycles. The quantitative estimate of drug-likeness (QED) is 0.358. The van der Waals surface area contributed by atoms with Crippen molar-refractivity contribution in [3.05, 3.63) is 12.7 Å². The van der Waals surface area contributed by atoms with Crippen LogP contribution in [0.2, 0.25) is 0 Å². The Morgan fingerprint density at radius 3 is 1.33 bits per heavy atom. The van der Waals surface area contributed by atoms with Crippen molar-refractivity contribution in [2.75, 3.05) is 0 Å². The van der Waals surface area contributed by atoms with E-state index in [-0.39, 0.29) is 23.1 Å². The predicted octanol–water partition coefficient (Wildman–Crippen LogP) is 0.760. The van der Waals surface area contributed by atoms with Gasteiger partial charge in [0.05, 0.1) is 0 Å². The Kier molecular flexibility index (Phi) is 15.3. The zero-order chi connectivity index (χ0) is 7.21. The van der Waals surface area contributed by atoms with Gasteiger partial charge in [0, 0.05) is 0 Å². The molecule has 0 saturated carbocycles. The summed E-state index contributed by atoms with van der Waals surface area (Å²) in [5.74, 6) is 0. The largest absolute Gasteiger partial charge is 2.00 e. The van der Waals surface area contributed by atoms with Crippen LogP contribution < -0.4 is 5.11 Å². The first-order valence-electron chi connectivity index (χ1n) is 2.61. The molecule has 0 aromatic heterocycles. The van der Waals surface area contributed by atoms with E-state index in [2.05, 4.69) is 0 Å². The van der Waals surface area contributed by atoms with Crippen LogP contribution in [0.3, 0.4) is 0 Å². The molecule has 0 radical (unpaired) electrons. The van der Waals surface area contributed by atoms with Crippen LogP contribution in [0.15, 0.2) is 6.08 Å². The number of hydrogen-bond acceptors (Lipinski definition) is 1. The van der Waals surface area contributed by atoms with Crippen molar-refractivity contribution < 1.29 is 5.11 Å². The Balaban J connectivity index is -0.0000000800. The van der Waals surface area contributed by atoms with Crippen molar-refractivity contribution in [1.29, 1.82) is 0 Å². The summed E-state index contributed by atoms with van der Waals surface area (Å²) in [6.45, 7) is 11.4. The van der Waals surface area contributed by atoms with Crippen LogP contribution in [0.1, 0.15) is 27.7 Å². The van der Waals surface area contributed by atoms with E-state index < -0.39 is 5.60 Å². The third-order valence-corrected chi connectivity index (χ3v) is 0. The number of rotatable bonds is 0. The van der Waals surface area contributed by atoms with Crippen LogP contribution in [-0.4, -0.2) is 28.7 Å². The zero-order valence-electron chi connectivity index (χ0n) is 6.77. The third kappa shape index (κ3) is 1630. The fourth-order valence-electron chi connectivity index (χ4n) is 0. The molecule has 0 aliphatic heterocycles. The fraction of sp³-hybridized carbons (Fsp3) is 0.714. The van der Waals surface area contributed by atoms with Gasteiger partial charge in [-0.05, 0) is 0 Å². The summed E-state index contributed by atoms with van der Waals surface area (Å²) in [7, 11) is 0. The minimum atomic E-state index is -0.750. The molecule has 0 bridgehead atoms. The average Bonchev–Trinajstić information content (AvgIpc) is 1.27. The number of allylic oxidation sites excluding steroid dienone is 1. The molecule has 0 saturated heterocycles. The van der Waals surface area contributed by atoms with Gasteiger partial charge in [-0.25, -0.2) is 0 Å². The van der Waals surface area contributed by atoms with E-state index in [4.69, 9.17) is 6.58 Å². The van der Waals surface area contributed by atoms with Crippen molar-refractivity contribution in [2.24, 2.45) is 0 Å². The molecule has 0 N–H and O–H groups in total. The molecule has 2 heteroatoms. The smallest absolute Gasteiger partial charge is 0.850 e. The van der Waals surface area contributed by atoms with E-state index in [1.807, 2.05) is 0 Å². The topological polar surface area (TPSA) is 23.1 Å². The maximum Gasteiger partial charge on any atom is 2.00 e. The van der Waals surface area contributed by atoms with Gasteiger partial charge in [0.25, 0.3) is 0 Å². The Morgan fingerprint density at radius 2 is 1.33 bits per heavy atom. The van der Waals surface area contributed by atoms with E-state index >= 15 is 0 Å². The van der Waals surface area contributed by atoms with E-state index in [9.17, 15) is 5.11 Å². The molecule has 0 fully saturated rings. The maximum atomic E-state index is 10.1. The van der Waals surface area contributed by atoms with Gasteiger partial charge in [-0.3, -0.25) is 6.08 Å². The predicted molar refractivity (Wildman–Crippen MR) is 40.1 cm³/mol. The van der Waals surface area contributed by atoms with Gasteiger partial charge in [-0.15, -0.1) is 5.60 Å². The molecular formula is C7H14MgO. The van der Waals surface area contributed by atoms with Gasteiger partial charge in [0.1, 0.15) is 0 Å². The monoisotopic (exact) mass is 138 g/mol. The Bertz CT molecular complexity index is 48.4. The zero-order valence-corrected chi connectivity index (χ0v) is 8.18. The maximum absolute atomic E-state index is 10.1. The van der Waals surface area contributed by atoms with Crippen LogP contribution in [0.4, 0.5) is 0 Å². The second-order valence-electron chi connectivity index (χ2n) is 2.45. The summed E-state index contributed by atoms with van der Waals surface area (Å²) in [5, 5.41) is 10.1. The van der Waals surface area contributed by atoms with E-state index in [0.29, 0.717) is 0 Å². The minimum absolute atomic E-state index is 0. The van der Waals surface area contributed by atoms with Crippen molar-refractivity contribution in [2.45, 2.75) is 33.3 Å². The minimum Gasteiger partial charge on any atom is -0.850 e. The molecule has 0 amide bonds. The molecule has 0 aliphatic carbocycles. The SMILES string of the molecule is CC(C)(C)[O-].[CH-]=CC.[Mg+2]. The molecule has 0 atom stereocenters. The summed E-state index contributed by atoms with van der Waals surface area (Å²) >= 11 is 0. The molecule has 0 unspecified atom stereocenters. The molecule has 0 aromatic rings. The molecule has 50 valence electrons. The van der Waals surface area contributed by atoms with Crippen LogP contribution in [-0.2, 0) is 0 Å². The van der Waals surface area contributed by atoms with Crippen LogP contribution in [0.25, 0.3) is 0 Å². The first-order chi connectivity index (χ1) is 3.41. The van der Waals surface area contributed by atoms with Crippen molar-refractivity contribution in [1.82, 2.24) is 0 Å². The molecule has 0 aliphatic rings. The third-order valence-electron chi connectivity index (χ3n) is 0. The van der Waals surface area contributed by atoms with Gasteiger partial charge in [-0.2, -0.15) is 0 Å². The van der Waals surface area contributed by atoms with Crippen molar-refractivity contribution in [3.8, 4) is 0 Å². The normalized spacial score (nSPS) is 8.11. The van der Waals surface area contributed by atoms with E-state index in [0.717, 1.165) is 0 Å². The van der Waals surface area contributed by atoms with Crippen LogP contribution in [0.5, 0.6) is 0 Å². The van der Waals surface area contributed by atoms with Crippen LogP contribution >= 0.6 is 0 Å². The summed E-state index contributed by atoms with van der Waals surface area (Å²) in [4.78, 5) is 0. The Morgan fingerprint density at radius 1 is 1.33 bits per heavy atom. The summed E-state index contributed by atoms with van der Waals surface area (Å²) in [6, 6.07) is 0. The molecular weight excluding hydrogens is 124 g/mol. The van der Waals surface area contributed by atoms with Gasteiger partial charge < -0.3 is 11.7 Å². The summed E-state index contributed by atoms with van der Waals surface area (Å²) < 4.78 is 0. The van der Waals surface area contributed by atoms with E-state index in [1.165, 1.54) is 6.08 Å². The van der Waals surface area contributed by atoms with Crippen LogP contribution in [0, 0.1) is 6.58 Å². The van der Waals surface area contributed by atoms with Gasteiger partial charge >= 0.3 is 23.1 Å². The summed E-state index contributed by atoms with van der Waals surface area (Å²) in [6.07, 6.45) is 1.50. The first kappa shape index (κ1) is 16.2. The van der Waals surface area contributed by atoms with Gasteiger partial charge in [0.2, 0.25) is 0 Å². The van der Waals surface area contributed by atoms with Gasteiger partial charge in [0.15, 0.2) is 0 Å². The molecule has 1 nitrogen and oxygen atoms in total. The Hall–Kier alpha value is 0.466. The second kappa shape index (κ2) is 8.47. The number of hydrogen-bond donors (Lipinski definition) is 0. The standard InChI is InChI=1S/C4H9O.C3H5.Mg/c1-4(2,3)5;1-3-2;/h1-3H3;1,3H,2H3;/q2*-1;+2.